The van der Waals surface area contributed by atoms with Crippen LogP contribution in [-0.2, 0) is 21.2 Å². The zero-order valence-electron chi connectivity index (χ0n) is 14.1. The fourth-order valence-electron chi connectivity index (χ4n) is 3.01. The maximum Gasteiger partial charge on any atom is 0.240 e. The second-order valence-electron chi connectivity index (χ2n) is 6.08. The number of likely N-dealkylation sites (tertiary alicyclic amines) is 1. The molecule has 1 amide bonds. The molecule has 2 unspecified atom stereocenters. The minimum absolute atomic E-state index is 0. The maximum atomic E-state index is 12.3. The Morgan fingerprint density at radius 2 is 1.96 bits per heavy atom. The van der Waals surface area contributed by atoms with E-state index < -0.39 is 10.0 Å². The van der Waals surface area contributed by atoms with Crippen LogP contribution in [-0.4, -0.2) is 45.4 Å². The normalized spacial score (nSPS) is 20.7. The SMILES string of the molecule is CNS(=O)(=O)c1ccc(CCC(=O)N2CC(CN)CC2C)cc1.Cl. The minimum Gasteiger partial charge on any atom is -0.340 e. The van der Waals surface area contributed by atoms with E-state index in [0.717, 1.165) is 18.5 Å². The van der Waals surface area contributed by atoms with Gasteiger partial charge in [-0.2, -0.15) is 0 Å². The van der Waals surface area contributed by atoms with Gasteiger partial charge in [-0.3, -0.25) is 4.79 Å². The Morgan fingerprint density at radius 1 is 1.33 bits per heavy atom. The van der Waals surface area contributed by atoms with Crippen LogP contribution in [0, 0.1) is 5.92 Å². The van der Waals surface area contributed by atoms with Crippen LogP contribution in [0.15, 0.2) is 29.2 Å². The van der Waals surface area contributed by atoms with Crippen molar-refractivity contribution >= 4 is 28.3 Å². The van der Waals surface area contributed by atoms with Crippen LogP contribution in [0.25, 0.3) is 0 Å². The summed E-state index contributed by atoms with van der Waals surface area (Å²) in [6.07, 6.45) is 2.01. The van der Waals surface area contributed by atoms with Crippen molar-refractivity contribution in [1.29, 1.82) is 0 Å². The first-order chi connectivity index (χ1) is 10.9. The van der Waals surface area contributed by atoms with Crippen LogP contribution >= 0.6 is 12.4 Å². The number of amides is 1. The molecule has 0 aromatic heterocycles. The average molecular weight is 376 g/mol. The van der Waals surface area contributed by atoms with Gasteiger partial charge in [0.2, 0.25) is 15.9 Å². The van der Waals surface area contributed by atoms with Gasteiger partial charge in [-0.25, -0.2) is 13.1 Å². The number of nitrogens with two attached hydrogens (primary N) is 1. The summed E-state index contributed by atoms with van der Waals surface area (Å²) in [5, 5.41) is 0. The number of carbonyl (C=O) groups is 1. The van der Waals surface area contributed by atoms with Crippen molar-refractivity contribution in [2.45, 2.75) is 37.1 Å². The van der Waals surface area contributed by atoms with Crippen molar-refractivity contribution in [3.63, 3.8) is 0 Å². The van der Waals surface area contributed by atoms with E-state index in [1.807, 2.05) is 4.90 Å². The van der Waals surface area contributed by atoms with Crippen LogP contribution < -0.4 is 10.5 Å². The molecular formula is C16H26ClN3O3S. The van der Waals surface area contributed by atoms with E-state index in [2.05, 4.69) is 11.6 Å². The molecule has 0 saturated carbocycles. The smallest absolute Gasteiger partial charge is 0.240 e. The molecule has 6 nitrogen and oxygen atoms in total. The topological polar surface area (TPSA) is 92.5 Å². The zero-order chi connectivity index (χ0) is 17.0. The van der Waals surface area contributed by atoms with Gasteiger partial charge >= 0.3 is 0 Å². The van der Waals surface area contributed by atoms with Gasteiger partial charge in [0.1, 0.15) is 0 Å². The van der Waals surface area contributed by atoms with Crippen LogP contribution in [0.1, 0.15) is 25.3 Å². The van der Waals surface area contributed by atoms with Gasteiger partial charge in [0.25, 0.3) is 0 Å². The largest absolute Gasteiger partial charge is 0.340 e. The molecule has 1 aliphatic rings. The molecule has 8 heteroatoms. The lowest BCUT2D eigenvalue weighted by atomic mass is 10.1. The number of nitrogens with one attached hydrogen (secondary N) is 1. The van der Waals surface area contributed by atoms with E-state index >= 15 is 0 Å². The molecule has 1 aromatic carbocycles. The molecule has 0 radical (unpaired) electrons. The fraction of sp³-hybridized carbons (Fsp3) is 0.562. The number of sulfonamides is 1. The highest BCUT2D eigenvalue weighted by Gasteiger charge is 2.31. The van der Waals surface area contributed by atoms with Crippen molar-refractivity contribution in [3.8, 4) is 0 Å². The quantitative estimate of drug-likeness (QED) is 0.779. The number of hydrogen-bond acceptors (Lipinski definition) is 4. The van der Waals surface area contributed by atoms with Crippen molar-refractivity contribution in [3.05, 3.63) is 29.8 Å². The number of carbonyl (C=O) groups excluding carboxylic acids is 1. The Morgan fingerprint density at radius 3 is 2.46 bits per heavy atom. The van der Waals surface area contributed by atoms with Gasteiger partial charge in [-0.1, -0.05) is 12.1 Å². The number of hydrogen-bond donors (Lipinski definition) is 2. The van der Waals surface area contributed by atoms with Gasteiger partial charge in [0, 0.05) is 19.0 Å². The first-order valence-corrected chi connectivity index (χ1v) is 9.37. The van der Waals surface area contributed by atoms with Gasteiger partial charge in [0.15, 0.2) is 0 Å². The summed E-state index contributed by atoms with van der Waals surface area (Å²) in [6, 6.07) is 6.89. The summed E-state index contributed by atoms with van der Waals surface area (Å²) in [5.74, 6) is 0.542. The molecule has 2 rings (SSSR count). The van der Waals surface area contributed by atoms with E-state index in [-0.39, 0.29) is 29.3 Å². The molecule has 1 heterocycles. The predicted octanol–water partition coefficient (Wildman–Crippen LogP) is 1.14. The van der Waals surface area contributed by atoms with Gasteiger partial charge < -0.3 is 10.6 Å². The number of aryl methyl sites for hydroxylation is 1. The van der Waals surface area contributed by atoms with Crippen molar-refractivity contribution in [1.82, 2.24) is 9.62 Å². The summed E-state index contributed by atoms with van der Waals surface area (Å²) in [6.45, 7) is 3.43. The maximum absolute atomic E-state index is 12.3. The lowest BCUT2D eigenvalue weighted by molar-refractivity contribution is -0.131. The molecule has 1 saturated heterocycles. The first-order valence-electron chi connectivity index (χ1n) is 7.89. The van der Waals surface area contributed by atoms with E-state index in [1.54, 1.807) is 24.3 Å². The molecule has 3 N–H and O–H groups in total. The summed E-state index contributed by atoms with van der Waals surface area (Å²) in [7, 11) is -2.03. The van der Waals surface area contributed by atoms with E-state index in [1.165, 1.54) is 7.05 Å². The molecule has 1 aromatic rings. The molecular weight excluding hydrogens is 350 g/mol. The second-order valence-corrected chi connectivity index (χ2v) is 7.97. The van der Waals surface area contributed by atoms with Gasteiger partial charge in [0.05, 0.1) is 4.90 Å². The Labute approximate surface area is 150 Å². The Kier molecular flexibility index (Phi) is 7.66. The summed E-state index contributed by atoms with van der Waals surface area (Å²) in [5.41, 5.74) is 6.65. The highest BCUT2D eigenvalue weighted by atomic mass is 35.5. The third-order valence-electron chi connectivity index (χ3n) is 4.45. The summed E-state index contributed by atoms with van der Waals surface area (Å²) >= 11 is 0. The number of nitrogens with zero attached hydrogens (tertiary/aromatic N) is 1. The molecule has 0 bridgehead atoms. The number of benzene rings is 1. The molecule has 1 aliphatic heterocycles. The monoisotopic (exact) mass is 375 g/mol. The molecule has 0 aliphatic carbocycles. The molecule has 2 atom stereocenters. The van der Waals surface area contributed by atoms with Crippen LogP contribution in [0.5, 0.6) is 0 Å². The molecule has 136 valence electrons. The standard InChI is InChI=1S/C16H25N3O3S.ClH/c1-12-9-14(10-17)11-19(12)16(20)8-5-13-3-6-15(7-4-13)23(21,22)18-2;/h3-4,6-7,12,14,18H,5,8-11,17H2,1-2H3;1H. The van der Waals surface area contributed by atoms with Crippen molar-refractivity contribution < 1.29 is 13.2 Å². The zero-order valence-corrected chi connectivity index (χ0v) is 15.7. The number of rotatable bonds is 6. The van der Waals surface area contributed by atoms with Crippen LogP contribution in [0.4, 0.5) is 0 Å². The summed E-state index contributed by atoms with van der Waals surface area (Å²) < 4.78 is 25.6. The second kappa shape index (κ2) is 8.80. The highest BCUT2D eigenvalue weighted by Crippen LogP contribution is 2.23. The van der Waals surface area contributed by atoms with E-state index in [0.29, 0.717) is 25.3 Å². The minimum atomic E-state index is -3.41. The Bertz CT molecular complexity index is 649. The van der Waals surface area contributed by atoms with Crippen LogP contribution in [0.2, 0.25) is 0 Å². The van der Waals surface area contributed by atoms with E-state index in [4.69, 9.17) is 5.73 Å². The fourth-order valence-corrected chi connectivity index (χ4v) is 3.74. The highest BCUT2D eigenvalue weighted by molar-refractivity contribution is 7.89. The van der Waals surface area contributed by atoms with Crippen molar-refractivity contribution in [2.24, 2.45) is 11.7 Å². The molecule has 1 fully saturated rings. The first kappa shape index (κ1) is 20.9. The van der Waals surface area contributed by atoms with Crippen molar-refractivity contribution in [2.75, 3.05) is 20.1 Å². The van der Waals surface area contributed by atoms with Gasteiger partial charge in [-0.05, 0) is 57.0 Å². The lowest BCUT2D eigenvalue weighted by Crippen LogP contribution is -2.34. The summed E-state index contributed by atoms with van der Waals surface area (Å²) in [4.78, 5) is 14.5. The lowest BCUT2D eigenvalue weighted by Gasteiger charge is -2.21. The third-order valence-corrected chi connectivity index (χ3v) is 5.88. The van der Waals surface area contributed by atoms with Gasteiger partial charge in [-0.15, -0.1) is 12.4 Å². The average Bonchev–Trinajstić information content (AvgIpc) is 2.94. The molecule has 0 spiro atoms. The third kappa shape index (κ3) is 4.92. The Hall–Kier alpha value is -1.15. The van der Waals surface area contributed by atoms with Crippen LogP contribution in [0.3, 0.4) is 0 Å². The number of halogens is 1. The van der Waals surface area contributed by atoms with E-state index in [9.17, 15) is 13.2 Å². The molecule has 24 heavy (non-hydrogen) atoms. The Balaban J connectivity index is 0.00000288. The predicted molar refractivity (Wildman–Crippen MR) is 96.6 cm³/mol.